The van der Waals surface area contributed by atoms with Gasteiger partial charge < -0.3 is 14.8 Å². The van der Waals surface area contributed by atoms with Crippen LogP contribution in [-0.2, 0) is 0 Å². The molecule has 0 aromatic heterocycles. The Labute approximate surface area is 122 Å². The zero-order valence-electron chi connectivity index (χ0n) is 12.4. The average molecular weight is 375 g/mol. The van der Waals surface area contributed by atoms with Crippen molar-refractivity contribution in [3.05, 3.63) is 0 Å². The summed E-state index contributed by atoms with van der Waals surface area (Å²) < 4.78 is 26.8. The summed E-state index contributed by atoms with van der Waals surface area (Å²) in [6.07, 6.45) is 11.4. The minimum atomic E-state index is -4.01. The molecule has 0 N–H and O–H groups in total. The van der Waals surface area contributed by atoms with E-state index in [0.29, 0.717) is 0 Å². The van der Waals surface area contributed by atoms with E-state index in [1.165, 1.54) is 57.9 Å². The molecule has 0 saturated carbocycles. The Bertz CT molecular complexity index is 158. The minimum absolute atomic E-state index is 1.12. The molecule has 0 heterocycles. The van der Waals surface area contributed by atoms with Gasteiger partial charge in [-0.3, -0.25) is 0 Å². The Kier molecular flexibility index (Phi) is 16.2. The van der Waals surface area contributed by atoms with E-state index in [1.807, 2.05) is 0 Å². The van der Waals surface area contributed by atoms with E-state index < -0.39 is 21.1 Å². The van der Waals surface area contributed by atoms with E-state index in [0.717, 1.165) is 4.48 Å². The minimum Gasteiger partial charge on any atom is -0.427 e. The summed E-state index contributed by atoms with van der Waals surface area (Å²) in [5, 5.41) is 0. The molecule has 0 aromatic carbocycles. The maximum Gasteiger partial charge on any atom is 0.282 e. The number of nitrogens with zero attached hydrogens (tertiary/aromatic N) is 1. The molecule has 0 atom stereocenters. The van der Waals surface area contributed by atoms with E-state index in [9.17, 15) is 0 Å². The third-order valence-corrected chi connectivity index (χ3v) is 2.68. The monoisotopic (exact) mass is 375 g/mol. The lowest BCUT2D eigenvalue weighted by atomic mass is 10.1. The summed E-state index contributed by atoms with van der Waals surface area (Å²) in [7, 11) is 6.84. The van der Waals surface area contributed by atoms with E-state index >= 15 is 0 Å². The van der Waals surface area contributed by atoms with Gasteiger partial charge in [-0.1, -0.05) is 45.4 Å². The van der Waals surface area contributed by atoms with Crippen molar-refractivity contribution in [3.8, 4) is 0 Å². The molecule has 0 bridgehead atoms. The van der Waals surface area contributed by atoms with Gasteiger partial charge in [-0.2, -0.15) is 0 Å². The first-order valence-electron chi connectivity index (χ1n) is 6.83. The van der Waals surface area contributed by atoms with E-state index in [-0.39, 0.29) is 0 Å². The Morgan fingerprint density at radius 2 is 1.06 bits per heavy atom. The zero-order chi connectivity index (χ0) is 14.4. The summed E-state index contributed by atoms with van der Waals surface area (Å²) in [5.41, 5.74) is 0. The van der Waals surface area contributed by atoms with Gasteiger partial charge in [0, 0.05) is 0 Å². The Balaban J connectivity index is 0. The number of rotatable bonds is 9. The van der Waals surface area contributed by atoms with Crippen LogP contribution in [0.25, 0.3) is 0 Å². The van der Waals surface area contributed by atoms with Crippen LogP contribution in [0.1, 0.15) is 58.3 Å². The lowest BCUT2D eigenvalue weighted by molar-refractivity contribution is -1.73. The topological polar surface area (TPSA) is 69.2 Å². The van der Waals surface area contributed by atoms with Gasteiger partial charge in [0.25, 0.3) is 21.1 Å². The fourth-order valence-electron chi connectivity index (χ4n) is 1.72. The van der Waals surface area contributed by atoms with E-state index in [1.54, 1.807) is 0 Å². The molecule has 0 saturated heterocycles. The zero-order valence-corrected chi connectivity index (χ0v) is 14.6. The lowest BCUT2D eigenvalue weighted by Gasteiger charge is -2.23. The maximum absolute atomic E-state index is 8.57. The van der Waals surface area contributed by atoms with Crippen molar-refractivity contribution in [2.75, 3.05) is 27.7 Å². The first kappa shape index (κ1) is 20.9. The standard InChI is InChI=1S/C13H30N.IO3/c1-5-6-7-8-9-10-11-12-13-14(2,3)4;2-1(3)4/h5-13H2,1-4H3;/q+1;-1. The van der Waals surface area contributed by atoms with Crippen molar-refractivity contribution in [1.29, 1.82) is 0 Å². The lowest BCUT2D eigenvalue weighted by Crippen LogP contribution is -4.05. The first-order chi connectivity index (χ1) is 8.29. The summed E-state index contributed by atoms with van der Waals surface area (Å²) >= 11 is -4.01. The van der Waals surface area contributed by atoms with Crippen LogP contribution in [0.2, 0.25) is 0 Å². The number of halogens is 1. The van der Waals surface area contributed by atoms with Crippen LogP contribution >= 0.6 is 0 Å². The van der Waals surface area contributed by atoms with Gasteiger partial charge in [-0.05, 0) is 12.8 Å². The number of unbranched alkanes of at least 4 members (excludes halogenated alkanes) is 7. The second-order valence-electron chi connectivity index (χ2n) is 5.68. The van der Waals surface area contributed by atoms with Gasteiger partial charge in [0.15, 0.2) is 0 Å². The predicted molar refractivity (Wildman–Crippen MR) is 65.5 cm³/mol. The van der Waals surface area contributed by atoms with Crippen LogP contribution < -0.4 is 31.4 Å². The van der Waals surface area contributed by atoms with E-state index in [4.69, 9.17) is 10.3 Å². The van der Waals surface area contributed by atoms with Gasteiger partial charge >= 0.3 is 0 Å². The molecule has 0 aromatic rings. The van der Waals surface area contributed by atoms with Gasteiger partial charge in [0.1, 0.15) is 0 Å². The summed E-state index contributed by atoms with van der Waals surface area (Å²) in [4.78, 5) is 0. The van der Waals surface area contributed by atoms with Crippen molar-refractivity contribution in [2.24, 2.45) is 0 Å². The fraction of sp³-hybridized carbons (Fsp3) is 1.00. The van der Waals surface area contributed by atoms with Crippen LogP contribution in [0.3, 0.4) is 0 Å². The molecule has 4 nitrogen and oxygen atoms in total. The Morgan fingerprint density at radius 1 is 0.722 bits per heavy atom. The van der Waals surface area contributed by atoms with Crippen molar-refractivity contribution < 1.29 is 35.9 Å². The van der Waals surface area contributed by atoms with Crippen molar-refractivity contribution in [2.45, 2.75) is 58.3 Å². The van der Waals surface area contributed by atoms with Crippen LogP contribution in [0, 0.1) is 0 Å². The van der Waals surface area contributed by atoms with Gasteiger partial charge in [-0.15, -0.1) is 0 Å². The molecule has 0 spiro atoms. The highest BCUT2D eigenvalue weighted by Crippen LogP contribution is 2.09. The van der Waals surface area contributed by atoms with Crippen LogP contribution in [0.4, 0.5) is 0 Å². The molecular formula is C13H30INO3. The quantitative estimate of drug-likeness (QED) is 0.250. The maximum atomic E-state index is 8.57. The number of hydrogen-bond donors (Lipinski definition) is 0. The second kappa shape index (κ2) is 14.0. The molecule has 18 heavy (non-hydrogen) atoms. The molecule has 0 rings (SSSR count). The molecule has 0 aliphatic rings. The van der Waals surface area contributed by atoms with Crippen molar-refractivity contribution >= 4 is 0 Å². The Morgan fingerprint density at radius 3 is 1.39 bits per heavy atom. The summed E-state index contributed by atoms with van der Waals surface area (Å²) in [6, 6.07) is 0. The summed E-state index contributed by atoms with van der Waals surface area (Å²) in [6.45, 7) is 3.61. The highest BCUT2D eigenvalue weighted by atomic mass is 127. The summed E-state index contributed by atoms with van der Waals surface area (Å²) in [5.74, 6) is 0. The third-order valence-electron chi connectivity index (χ3n) is 2.68. The van der Waals surface area contributed by atoms with Gasteiger partial charge in [0.05, 0.1) is 27.7 Å². The number of quaternary nitrogens is 1. The molecular weight excluding hydrogens is 345 g/mol. The fourth-order valence-corrected chi connectivity index (χ4v) is 1.72. The van der Waals surface area contributed by atoms with Crippen LogP contribution in [0.5, 0.6) is 0 Å². The van der Waals surface area contributed by atoms with Gasteiger partial charge in [-0.25, -0.2) is 0 Å². The molecule has 112 valence electrons. The largest absolute Gasteiger partial charge is 0.427 e. The van der Waals surface area contributed by atoms with Gasteiger partial charge in [0.2, 0.25) is 0 Å². The molecule has 0 aliphatic heterocycles. The molecule has 0 aliphatic carbocycles. The Hall–Kier alpha value is 0.570. The second-order valence-corrected chi connectivity index (χ2v) is 6.76. The molecule has 5 heteroatoms. The van der Waals surface area contributed by atoms with Crippen molar-refractivity contribution in [1.82, 2.24) is 0 Å². The number of hydrogen-bond acceptors (Lipinski definition) is 3. The third kappa shape index (κ3) is 30.0. The molecule has 0 amide bonds. The van der Waals surface area contributed by atoms with Crippen LogP contribution in [0.15, 0.2) is 0 Å². The first-order valence-corrected chi connectivity index (χ1v) is 9.47. The SMILES string of the molecule is CCCCCCCCCC[N+](C)(C)C.[O-][I+2]([O-])[O-]. The smallest absolute Gasteiger partial charge is 0.282 e. The highest BCUT2D eigenvalue weighted by molar-refractivity contribution is 4.45. The molecule has 0 fully saturated rings. The molecule has 0 unspecified atom stereocenters. The highest BCUT2D eigenvalue weighted by Gasteiger charge is 2.04. The average Bonchev–Trinajstić information content (AvgIpc) is 2.19. The van der Waals surface area contributed by atoms with Crippen LogP contribution in [-0.4, -0.2) is 32.2 Å². The van der Waals surface area contributed by atoms with Crippen molar-refractivity contribution in [3.63, 3.8) is 0 Å². The van der Waals surface area contributed by atoms with E-state index in [2.05, 4.69) is 28.1 Å². The predicted octanol–water partition coefficient (Wildman–Crippen LogP) is -2.73. The normalized spacial score (nSPS) is 11.3. The molecule has 0 radical (unpaired) electrons.